The predicted octanol–water partition coefficient (Wildman–Crippen LogP) is 3.90. The van der Waals surface area contributed by atoms with Gasteiger partial charge in [0.1, 0.15) is 11.6 Å². The highest BCUT2D eigenvalue weighted by Crippen LogP contribution is 2.46. The van der Waals surface area contributed by atoms with E-state index in [0.717, 1.165) is 26.0 Å². The number of hydrogen-bond acceptors (Lipinski definition) is 4. The molecular formula is C19H13IN4O. The molecule has 0 fully saturated rings. The van der Waals surface area contributed by atoms with Crippen molar-refractivity contribution in [1.29, 1.82) is 5.26 Å². The molecule has 2 heterocycles. The summed E-state index contributed by atoms with van der Waals surface area (Å²) >= 11 is 2.28. The number of nitriles is 1. The van der Waals surface area contributed by atoms with Crippen LogP contribution in [-0.2, 0) is 0 Å². The molecule has 6 heteroatoms. The van der Waals surface area contributed by atoms with Gasteiger partial charge >= 0.3 is 0 Å². The van der Waals surface area contributed by atoms with Gasteiger partial charge in [0.2, 0.25) is 11.8 Å². The molecule has 3 aromatic rings. The van der Waals surface area contributed by atoms with Crippen LogP contribution in [-0.4, -0.2) is 10.2 Å². The molecule has 0 aliphatic carbocycles. The first-order valence-electron chi connectivity index (χ1n) is 7.66. The zero-order valence-electron chi connectivity index (χ0n) is 13.0. The lowest BCUT2D eigenvalue weighted by Crippen LogP contribution is -2.21. The summed E-state index contributed by atoms with van der Waals surface area (Å²) in [7, 11) is 0. The molecule has 0 radical (unpaired) electrons. The third-order valence-corrected chi connectivity index (χ3v) is 5.20. The van der Waals surface area contributed by atoms with Gasteiger partial charge in [-0.1, -0.05) is 48.5 Å². The van der Waals surface area contributed by atoms with Crippen LogP contribution in [0.4, 0.5) is 0 Å². The van der Waals surface area contributed by atoms with Crippen molar-refractivity contribution in [2.75, 3.05) is 0 Å². The van der Waals surface area contributed by atoms with Gasteiger partial charge in [0.05, 0.1) is 17.2 Å². The summed E-state index contributed by atoms with van der Waals surface area (Å²) in [6.07, 6.45) is 0. The van der Waals surface area contributed by atoms with Crippen molar-refractivity contribution in [2.45, 2.75) is 5.92 Å². The first-order valence-corrected chi connectivity index (χ1v) is 8.74. The Morgan fingerprint density at radius 3 is 2.56 bits per heavy atom. The lowest BCUT2D eigenvalue weighted by atomic mass is 9.83. The molecule has 25 heavy (non-hydrogen) atoms. The summed E-state index contributed by atoms with van der Waals surface area (Å²) in [5, 5.41) is 17.0. The number of ether oxygens (including phenoxy) is 1. The number of benzene rings is 2. The topological polar surface area (TPSA) is 87.7 Å². The highest BCUT2D eigenvalue weighted by Gasteiger charge is 2.36. The zero-order chi connectivity index (χ0) is 17.4. The number of H-pyrrole nitrogens is 1. The SMILES string of the molecule is N#CC1=C(N)Oc2n[nH]c(-c3ccccc3)c2[C@H]1c1ccccc1I. The number of nitrogens with one attached hydrogen (secondary N) is 1. The highest BCUT2D eigenvalue weighted by molar-refractivity contribution is 14.1. The Bertz CT molecular complexity index is 1020. The fourth-order valence-electron chi connectivity index (χ4n) is 3.09. The Balaban J connectivity index is 1.99. The molecule has 1 aliphatic rings. The van der Waals surface area contributed by atoms with Crippen molar-refractivity contribution >= 4 is 22.6 Å². The molecule has 1 aliphatic heterocycles. The lowest BCUT2D eigenvalue weighted by Gasteiger charge is -2.24. The molecule has 0 saturated carbocycles. The number of fused-ring (bicyclic) bond motifs is 1. The molecule has 4 rings (SSSR count). The van der Waals surface area contributed by atoms with Crippen LogP contribution in [0.15, 0.2) is 66.1 Å². The molecule has 0 spiro atoms. The van der Waals surface area contributed by atoms with E-state index >= 15 is 0 Å². The Kier molecular flexibility index (Phi) is 3.93. The molecule has 1 aromatic heterocycles. The number of aromatic nitrogens is 2. The van der Waals surface area contributed by atoms with Gasteiger partial charge in [-0.2, -0.15) is 5.26 Å². The second-order valence-electron chi connectivity index (χ2n) is 5.63. The van der Waals surface area contributed by atoms with Crippen LogP contribution in [0.5, 0.6) is 5.88 Å². The maximum atomic E-state index is 9.71. The van der Waals surface area contributed by atoms with Crippen molar-refractivity contribution in [1.82, 2.24) is 10.2 Å². The highest BCUT2D eigenvalue weighted by atomic mass is 127. The molecule has 122 valence electrons. The largest absolute Gasteiger partial charge is 0.420 e. The number of allylic oxidation sites excluding steroid dienone is 1. The molecule has 0 amide bonds. The third kappa shape index (κ3) is 2.57. The third-order valence-electron chi connectivity index (χ3n) is 4.22. The van der Waals surface area contributed by atoms with Crippen LogP contribution >= 0.6 is 22.6 Å². The molecule has 0 unspecified atom stereocenters. The van der Waals surface area contributed by atoms with Gasteiger partial charge in [0.15, 0.2) is 0 Å². The van der Waals surface area contributed by atoms with Crippen LogP contribution in [0.25, 0.3) is 11.3 Å². The lowest BCUT2D eigenvalue weighted by molar-refractivity contribution is 0.379. The first-order chi connectivity index (χ1) is 12.2. The van der Waals surface area contributed by atoms with E-state index in [1.165, 1.54) is 0 Å². The van der Waals surface area contributed by atoms with E-state index in [-0.39, 0.29) is 11.8 Å². The van der Waals surface area contributed by atoms with Crippen LogP contribution in [0.2, 0.25) is 0 Å². The van der Waals surface area contributed by atoms with E-state index in [9.17, 15) is 5.26 Å². The summed E-state index contributed by atoms with van der Waals surface area (Å²) in [5.41, 5.74) is 10.1. The molecule has 0 bridgehead atoms. The predicted molar refractivity (Wildman–Crippen MR) is 102 cm³/mol. The van der Waals surface area contributed by atoms with E-state index in [4.69, 9.17) is 10.5 Å². The summed E-state index contributed by atoms with van der Waals surface area (Å²) < 4.78 is 6.67. The van der Waals surface area contributed by atoms with Crippen LogP contribution in [0, 0.1) is 14.9 Å². The zero-order valence-corrected chi connectivity index (χ0v) is 15.2. The van der Waals surface area contributed by atoms with Crippen molar-refractivity contribution < 1.29 is 4.74 Å². The maximum Gasteiger partial charge on any atom is 0.244 e. The number of halogens is 1. The van der Waals surface area contributed by atoms with E-state index in [1.807, 2.05) is 54.6 Å². The Morgan fingerprint density at radius 1 is 1.12 bits per heavy atom. The summed E-state index contributed by atoms with van der Waals surface area (Å²) in [6.45, 7) is 0. The van der Waals surface area contributed by atoms with Gasteiger partial charge < -0.3 is 10.5 Å². The normalized spacial score (nSPS) is 16.1. The fraction of sp³-hybridized carbons (Fsp3) is 0.0526. The monoisotopic (exact) mass is 440 g/mol. The van der Waals surface area contributed by atoms with Gasteiger partial charge in [-0.25, -0.2) is 0 Å². The standard InChI is InChI=1S/C19H13IN4O/c20-14-9-5-4-8-12(14)15-13(10-21)18(22)25-19-16(15)17(23-24-19)11-6-2-1-3-7-11/h1-9,15H,22H2,(H,23,24)/t15-/m0/s1. The molecule has 1 atom stereocenters. The molecule has 3 N–H and O–H groups in total. The van der Waals surface area contributed by atoms with Gasteiger partial charge in [0.25, 0.3) is 0 Å². The minimum atomic E-state index is -0.323. The summed E-state index contributed by atoms with van der Waals surface area (Å²) in [5.74, 6) is 0.196. The Morgan fingerprint density at radius 2 is 1.84 bits per heavy atom. The van der Waals surface area contributed by atoms with Crippen molar-refractivity contribution in [2.24, 2.45) is 5.73 Å². The number of aromatic amines is 1. The quantitative estimate of drug-likeness (QED) is 0.592. The second-order valence-corrected chi connectivity index (χ2v) is 6.79. The van der Waals surface area contributed by atoms with Crippen LogP contribution < -0.4 is 10.5 Å². The van der Waals surface area contributed by atoms with E-state index < -0.39 is 0 Å². The fourth-order valence-corrected chi connectivity index (χ4v) is 3.79. The molecular weight excluding hydrogens is 427 g/mol. The van der Waals surface area contributed by atoms with Gasteiger partial charge in [-0.3, -0.25) is 5.10 Å². The average molecular weight is 440 g/mol. The van der Waals surface area contributed by atoms with Crippen molar-refractivity contribution in [3.05, 3.63) is 80.8 Å². The smallest absolute Gasteiger partial charge is 0.244 e. The number of nitrogens with zero attached hydrogens (tertiary/aromatic N) is 2. The van der Waals surface area contributed by atoms with E-state index in [2.05, 4.69) is 38.9 Å². The summed E-state index contributed by atoms with van der Waals surface area (Å²) in [4.78, 5) is 0. The number of hydrogen-bond donors (Lipinski definition) is 2. The summed E-state index contributed by atoms with van der Waals surface area (Å²) in [6, 6.07) is 20.0. The Labute approximate surface area is 158 Å². The Hall–Kier alpha value is -2.79. The van der Waals surface area contributed by atoms with E-state index in [1.54, 1.807) is 0 Å². The molecule has 0 saturated heterocycles. The second kappa shape index (κ2) is 6.26. The molecule has 5 nitrogen and oxygen atoms in total. The van der Waals surface area contributed by atoms with Gasteiger partial charge in [-0.05, 0) is 39.8 Å². The average Bonchev–Trinajstić information content (AvgIpc) is 3.05. The minimum Gasteiger partial charge on any atom is -0.420 e. The van der Waals surface area contributed by atoms with Crippen LogP contribution in [0.3, 0.4) is 0 Å². The first kappa shape index (κ1) is 15.7. The van der Waals surface area contributed by atoms with Crippen molar-refractivity contribution in [3.63, 3.8) is 0 Å². The van der Waals surface area contributed by atoms with Gasteiger partial charge in [-0.15, -0.1) is 5.10 Å². The van der Waals surface area contributed by atoms with Crippen LogP contribution in [0.1, 0.15) is 17.0 Å². The van der Waals surface area contributed by atoms with E-state index in [0.29, 0.717) is 11.5 Å². The molecule has 2 aromatic carbocycles. The number of rotatable bonds is 2. The maximum absolute atomic E-state index is 9.71. The van der Waals surface area contributed by atoms with Crippen molar-refractivity contribution in [3.8, 4) is 23.2 Å². The van der Waals surface area contributed by atoms with Gasteiger partial charge in [0, 0.05) is 3.57 Å². The number of nitrogens with two attached hydrogens (primary N) is 1. The minimum absolute atomic E-state index is 0.103.